The first-order valence-corrected chi connectivity index (χ1v) is 7.77. The predicted octanol–water partition coefficient (Wildman–Crippen LogP) is 5.22. The second kappa shape index (κ2) is 6.90. The largest absolute Gasteiger partial charge is 0.471 e. The van der Waals surface area contributed by atoms with Gasteiger partial charge in [0.2, 0.25) is 5.88 Å². The summed E-state index contributed by atoms with van der Waals surface area (Å²) in [5.41, 5.74) is 9.20. The van der Waals surface area contributed by atoms with Crippen LogP contribution in [0.3, 0.4) is 0 Å². The van der Waals surface area contributed by atoms with Gasteiger partial charge in [0.05, 0.1) is 5.69 Å². The average molecular weight is 345 g/mol. The molecule has 5 heteroatoms. The molecule has 3 nitrogen and oxygen atoms in total. The molecule has 0 bridgehead atoms. The Morgan fingerprint density at radius 2 is 1.78 bits per heavy atom. The quantitative estimate of drug-likeness (QED) is 0.705. The molecule has 0 atom stereocenters. The normalized spacial score (nSPS) is 10.5. The molecule has 0 radical (unpaired) electrons. The van der Waals surface area contributed by atoms with Crippen molar-refractivity contribution >= 4 is 28.9 Å². The number of nitrogens with zero attached hydrogens (tertiary/aromatic N) is 1. The van der Waals surface area contributed by atoms with E-state index >= 15 is 0 Å². The molecular weight excluding hydrogens is 331 g/mol. The lowest BCUT2D eigenvalue weighted by atomic mass is 10.1. The molecule has 0 spiro atoms. The van der Waals surface area contributed by atoms with Gasteiger partial charge >= 0.3 is 0 Å². The number of pyridine rings is 1. The third-order valence-corrected chi connectivity index (χ3v) is 3.89. The smallest absolute Gasteiger partial charge is 0.237 e. The second-order valence-corrected chi connectivity index (χ2v) is 5.86. The number of anilines is 1. The summed E-state index contributed by atoms with van der Waals surface area (Å²) in [6, 6.07) is 16.9. The van der Waals surface area contributed by atoms with Gasteiger partial charge in [-0.1, -0.05) is 59.6 Å². The zero-order chi connectivity index (χ0) is 16.2. The topological polar surface area (TPSA) is 48.1 Å². The Morgan fingerprint density at radius 1 is 1.00 bits per heavy atom. The van der Waals surface area contributed by atoms with E-state index in [2.05, 4.69) is 4.98 Å². The van der Waals surface area contributed by atoms with Crippen LogP contribution in [-0.4, -0.2) is 4.98 Å². The van der Waals surface area contributed by atoms with Crippen LogP contribution in [0.5, 0.6) is 5.88 Å². The zero-order valence-corrected chi connectivity index (χ0v) is 13.7. The first-order valence-electron chi connectivity index (χ1n) is 7.01. The molecule has 0 aliphatic heterocycles. The van der Waals surface area contributed by atoms with Crippen LogP contribution < -0.4 is 10.5 Å². The van der Waals surface area contributed by atoms with Crippen LogP contribution in [0.1, 0.15) is 5.56 Å². The number of hydrogen-bond acceptors (Lipinski definition) is 3. The maximum absolute atomic E-state index is 6.21. The van der Waals surface area contributed by atoms with Crippen LogP contribution in [0, 0.1) is 0 Å². The molecule has 1 heterocycles. The van der Waals surface area contributed by atoms with Gasteiger partial charge in [-0.25, -0.2) is 4.98 Å². The van der Waals surface area contributed by atoms with Crippen LogP contribution in [0.15, 0.2) is 60.8 Å². The summed E-state index contributed by atoms with van der Waals surface area (Å²) in [5.74, 6) is 0.405. The van der Waals surface area contributed by atoms with Gasteiger partial charge in [-0.05, 0) is 23.8 Å². The molecule has 0 aliphatic carbocycles. The van der Waals surface area contributed by atoms with E-state index in [1.807, 2.05) is 36.4 Å². The predicted molar refractivity (Wildman–Crippen MR) is 94.9 cm³/mol. The van der Waals surface area contributed by atoms with Gasteiger partial charge in [0.15, 0.2) is 0 Å². The van der Waals surface area contributed by atoms with E-state index < -0.39 is 0 Å². The first-order chi connectivity index (χ1) is 11.1. The molecule has 2 N–H and O–H groups in total. The highest BCUT2D eigenvalue weighted by atomic mass is 35.5. The molecule has 23 heavy (non-hydrogen) atoms. The van der Waals surface area contributed by atoms with Crippen LogP contribution in [0.2, 0.25) is 10.0 Å². The fourth-order valence-electron chi connectivity index (χ4n) is 2.19. The number of benzene rings is 2. The molecule has 0 aliphatic rings. The molecule has 116 valence electrons. The molecule has 3 rings (SSSR count). The van der Waals surface area contributed by atoms with Crippen molar-refractivity contribution in [3.63, 3.8) is 0 Å². The summed E-state index contributed by atoms with van der Waals surface area (Å²) in [4.78, 5) is 4.29. The Morgan fingerprint density at radius 3 is 2.48 bits per heavy atom. The van der Waals surface area contributed by atoms with Crippen LogP contribution in [-0.2, 0) is 6.61 Å². The maximum atomic E-state index is 6.21. The van der Waals surface area contributed by atoms with E-state index in [1.54, 1.807) is 24.4 Å². The summed E-state index contributed by atoms with van der Waals surface area (Å²) < 4.78 is 5.67. The Labute approximate surface area is 144 Å². The number of aromatic nitrogens is 1. The lowest BCUT2D eigenvalue weighted by Gasteiger charge is -2.10. The van der Waals surface area contributed by atoms with Crippen molar-refractivity contribution in [2.45, 2.75) is 6.61 Å². The standard InChI is InChI=1S/C18H14Cl2N2O/c19-14-6-7-15(16(20)9-14)13-8-17(21)18(22-10-13)23-11-12-4-2-1-3-5-12/h1-10H,11,21H2. The summed E-state index contributed by atoms with van der Waals surface area (Å²) in [6.45, 7) is 0.416. The summed E-state index contributed by atoms with van der Waals surface area (Å²) >= 11 is 12.1. The number of hydrogen-bond donors (Lipinski definition) is 1. The van der Waals surface area contributed by atoms with Gasteiger partial charge in [-0.2, -0.15) is 0 Å². The molecular formula is C18H14Cl2N2O. The van der Waals surface area contributed by atoms with Crippen LogP contribution in [0.4, 0.5) is 5.69 Å². The molecule has 0 fully saturated rings. The molecule has 0 amide bonds. The highest BCUT2D eigenvalue weighted by Gasteiger charge is 2.09. The molecule has 0 saturated heterocycles. The van der Waals surface area contributed by atoms with E-state index in [0.29, 0.717) is 28.2 Å². The Kier molecular flexibility index (Phi) is 4.70. The Balaban J connectivity index is 1.80. The van der Waals surface area contributed by atoms with Gasteiger partial charge in [0, 0.05) is 27.4 Å². The number of ether oxygens (including phenoxy) is 1. The van der Waals surface area contributed by atoms with E-state index in [-0.39, 0.29) is 0 Å². The summed E-state index contributed by atoms with van der Waals surface area (Å²) in [5, 5.41) is 1.14. The van der Waals surface area contributed by atoms with Crippen molar-refractivity contribution in [3.05, 3.63) is 76.4 Å². The highest BCUT2D eigenvalue weighted by Crippen LogP contribution is 2.32. The molecule has 0 unspecified atom stereocenters. The van der Waals surface area contributed by atoms with E-state index in [4.69, 9.17) is 33.7 Å². The first kappa shape index (κ1) is 15.7. The van der Waals surface area contributed by atoms with Crippen molar-refractivity contribution in [2.24, 2.45) is 0 Å². The Hall–Kier alpha value is -2.23. The number of nitrogens with two attached hydrogens (primary N) is 1. The Bertz CT molecular complexity index is 823. The minimum Gasteiger partial charge on any atom is -0.471 e. The number of halogens is 2. The van der Waals surface area contributed by atoms with Crippen molar-refractivity contribution < 1.29 is 4.74 Å². The van der Waals surface area contributed by atoms with Crippen molar-refractivity contribution in [2.75, 3.05) is 5.73 Å². The van der Waals surface area contributed by atoms with Gasteiger partial charge in [-0.3, -0.25) is 0 Å². The third-order valence-electron chi connectivity index (χ3n) is 3.34. The van der Waals surface area contributed by atoms with Crippen LogP contribution >= 0.6 is 23.2 Å². The lowest BCUT2D eigenvalue weighted by Crippen LogP contribution is -2.01. The summed E-state index contributed by atoms with van der Waals surface area (Å²) in [7, 11) is 0. The van der Waals surface area contributed by atoms with E-state index in [0.717, 1.165) is 16.7 Å². The molecule has 3 aromatic rings. The minimum absolute atomic E-state index is 0.405. The maximum Gasteiger partial charge on any atom is 0.237 e. The molecule has 1 aromatic heterocycles. The average Bonchev–Trinajstić information content (AvgIpc) is 2.55. The van der Waals surface area contributed by atoms with Gasteiger partial charge < -0.3 is 10.5 Å². The fourth-order valence-corrected chi connectivity index (χ4v) is 2.70. The van der Waals surface area contributed by atoms with Crippen LogP contribution in [0.25, 0.3) is 11.1 Å². The van der Waals surface area contributed by atoms with E-state index in [1.165, 1.54) is 0 Å². The van der Waals surface area contributed by atoms with Gasteiger partial charge in [0.1, 0.15) is 6.61 Å². The van der Waals surface area contributed by atoms with E-state index in [9.17, 15) is 0 Å². The lowest BCUT2D eigenvalue weighted by molar-refractivity contribution is 0.296. The summed E-state index contributed by atoms with van der Waals surface area (Å²) in [6.07, 6.45) is 1.69. The SMILES string of the molecule is Nc1cc(-c2ccc(Cl)cc2Cl)cnc1OCc1ccccc1. The fraction of sp³-hybridized carbons (Fsp3) is 0.0556. The van der Waals surface area contributed by atoms with Crippen molar-refractivity contribution in [1.29, 1.82) is 0 Å². The van der Waals surface area contributed by atoms with Gasteiger partial charge in [-0.15, -0.1) is 0 Å². The molecule has 2 aromatic carbocycles. The monoisotopic (exact) mass is 344 g/mol. The van der Waals surface area contributed by atoms with Crippen molar-refractivity contribution in [1.82, 2.24) is 4.98 Å². The van der Waals surface area contributed by atoms with Crippen molar-refractivity contribution in [3.8, 4) is 17.0 Å². The minimum atomic E-state index is 0.405. The second-order valence-electron chi connectivity index (χ2n) is 5.02. The highest BCUT2D eigenvalue weighted by molar-refractivity contribution is 6.36. The third kappa shape index (κ3) is 3.76. The number of rotatable bonds is 4. The molecule has 0 saturated carbocycles. The number of nitrogen functional groups attached to an aromatic ring is 1. The van der Waals surface area contributed by atoms with Gasteiger partial charge in [0.25, 0.3) is 0 Å². The zero-order valence-electron chi connectivity index (χ0n) is 12.2.